The van der Waals surface area contributed by atoms with Gasteiger partial charge in [0.25, 0.3) is 0 Å². The van der Waals surface area contributed by atoms with Gasteiger partial charge in [-0.1, -0.05) is 12.1 Å². The van der Waals surface area contributed by atoms with Gasteiger partial charge >= 0.3 is 0 Å². The molecule has 128 valence electrons. The van der Waals surface area contributed by atoms with Gasteiger partial charge in [0.1, 0.15) is 13.2 Å². The summed E-state index contributed by atoms with van der Waals surface area (Å²) < 4.78 is 11.1. The van der Waals surface area contributed by atoms with Crippen molar-refractivity contribution in [2.45, 2.75) is 19.4 Å². The van der Waals surface area contributed by atoms with Gasteiger partial charge in [-0.3, -0.25) is 4.79 Å². The van der Waals surface area contributed by atoms with E-state index in [-0.39, 0.29) is 11.9 Å². The van der Waals surface area contributed by atoms with E-state index < -0.39 is 0 Å². The lowest BCUT2D eigenvalue weighted by atomic mass is 10.1. The molecule has 0 bridgehead atoms. The number of hydrogen-bond donors (Lipinski definition) is 2. The van der Waals surface area contributed by atoms with E-state index in [0.717, 1.165) is 23.5 Å². The van der Waals surface area contributed by atoms with Gasteiger partial charge in [0.2, 0.25) is 5.91 Å². The predicted octanol–water partition coefficient (Wildman–Crippen LogP) is 2.53. The number of nitrogens with one attached hydrogen (secondary N) is 2. The van der Waals surface area contributed by atoms with Gasteiger partial charge in [-0.2, -0.15) is 0 Å². The Bertz CT molecular complexity index is 673. The first-order valence-corrected chi connectivity index (χ1v) is 9.02. The minimum atomic E-state index is 0.0101. The van der Waals surface area contributed by atoms with Crippen LogP contribution in [0.1, 0.15) is 23.4 Å². The number of rotatable bonds is 7. The Hall–Kier alpha value is -2.05. The number of hydrogen-bond acceptors (Lipinski definition) is 5. The zero-order chi connectivity index (χ0) is 16.8. The first-order chi connectivity index (χ1) is 11.7. The van der Waals surface area contributed by atoms with Crippen molar-refractivity contribution in [3.05, 3.63) is 46.2 Å². The summed E-state index contributed by atoms with van der Waals surface area (Å²) in [6.07, 6.45) is 0.876. The van der Waals surface area contributed by atoms with Gasteiger partial charge in [0.05, 0.1) is 6.54 Å². The van der Waals surface area contributed by atoms with Crippen molar-refractivity contribution in [2.75, 3.05) is 26.3 Å². The highest BCUT2D eigenvalue weighted by Crippen LogP contribution is 2.32. The Balaban J connectivity index is 1.43. The van der Waals surface area contributed by atoms with E-state index in [0.29, 0.717) is 26.3 Å². The van der Waals surface area contributed by atoms with Crippen molar-refractivity contribution in [1.82, 2.24) is 10.6 Å². The topological polar surface area (TPSA) is 59.6 Å². The molecule has 1 aliphatic heterocycles. The van der Waals surface area contributed by atoms with Crippen molar-refractivity contribution in [2.24, 2.45) is 0 Å². The van der Waals surface area contributed by atoms with E-state index in [1.54, 1.807) is 11.3 Å². The fourth-order valence-electron chi connectivity index (χ4n) is 2.54. The molecule has 2 N–H and O–H groups in total. The molecule has 2 heterocycles. The highest BCUT2D eigenvalue weighted by molar-refractivity contribution is 7.09. The minimum absolute atomic E-state index is 0.0101. The number of benzene rings is 1. The van der Waals surface area contributed by atoms with Crippen LogP contribution in [0.4, 0.5) is 0 Å². The molecular formula is C18H22N2O3S. The number of fused-ring (bicyclic) bond motifs is 1. The van der Waals surface area contributed by atoms with E-state index >= 15 is 0 Å². The molecule has 0 aliphatic carbocycles. The predicted molar refractivity (Wildman–Crippen MR) is 94.9 cm³/mol. The number of carbonyl (C=O) groups is 1. The normalized spacial score (nSPS) is 14.2. The fraction of sp³-hybridized carbons (Fsp3) is 0.389. The second kappa shape index (κ2) is 8.17. The average Bonchev–Trinajstić information content (AvgIpc) is 3.12. The van der Waals surface area contributed by atoms with Crippen LogP contribution in [0.25, 0.3) is 0 Å². The number of ether oxygens (including phenoxy) is 2. The van der Waals surface area contributed by atoms with Crippen LogP contribution in [0.3, 0.4) is 0 Å². The van der Waals surface area contributed by atoms with Gasteiger partial charge < -0.3 is 20.1 Å². The molecule has 0 radical (unpaired) electrons. The lowest BCUT2D eigenvalue weighted by Gasteiger charge is -2.21. The summed E-state index contributed by atoms with van der Waals surface area (Å²) in [6, 6.07) is 10.1. The maximum atomic E-state index is 11.9. The maximum absolute atomic E-state index is 11.9. The summed E-state index contributed by atoms with van der Waals surface area (Å²) in [5.41, 5.74) is 1.07. The molecule has 0 saturated heterocycles. The van der Waals surface area contributed by atoms with Crippen molar-refractivity contribution in [3.8, 4) is 11.5 Å². The minimum Gasteiger partial charge on any atom is -0.486 e. The SMILES string of the molecule is C[C@H](NCC(=O)NCCc1cccs1)c1ccc2c(c1)OCCO2. The second-order valence-electron chi connectivity index (χ2n) is 5.69. The Morgan fingerprint density at radius 2 is 2.08 bits per heavy atom. The van der Waals surface area contributed by atoms with Gasteiger partial charge in [-0.15, -0.1) is 11.3 Å². The molecule has 1 aliphatic rings. The maximum Gasteiger partial charge on any atom is 0.233 e. The summed E-state index contributed by atoms with van der Waals surface area (Å²) in [4.78, 5) is 13.2. The van der Waals surface area contributed by atoms with Gasteiger partial charge in [-0.05, 0) is 42.5 Å². The zero-order valence-electron chi connectivity index (χ0n) is 13.7. The van der Waals surface area contributed by atoms with E-state index in [1.165, 1.54) is 4.88 Å². The van der Waals surface area contributed by atoms with Crippen molar-refractivity contribution in [3.63, 3.8) is 0 Å². The van der Waals surface area contributed by atoms with Crippen LogP contribution >= 0.6 is 11.3 Å². The molecule has 0 spiro atoms. The van der Waals surface area contributed by atoms with Crippen molar-refractivity contribution >= 4 is 17.2 Å². The molecule has 0 fully saturated rings. The molecule has 1 aromatic heterocycles. The fourth-order valence-corrected chi connectivity index (χ4v) is 3.24. The van der Waals surface area contributed by atoms with Crippen LogP contribution in [0.15, 0.2) is 35.7 Å². The molecule has 2 aromatic rings. The zero-order valence-corrected chi connectivity index (χ0v) is 14.5. The number of amides is 1. The lowest BCUT2D eigenvalue weighted by molar-refractivity contribution is -0.120. The second-order valence-corrected chi connectivity index (χ2v) is 6.72. The molecule has 0 unspecified atom stereocenters. The van der Waals surface area contributed by atoms with Crippen molar-refractivity contribution in [1.29, 1.82) is 0 Å². The van der Waals surface area contributed by atoms with Crippen molar-refractivity contribution < 1.29 is 14.3 Å². The monoisotopic (exact) mass is 346 g/mol. The van der Waals surface area contributed by atoms with Gasteiger partial charge in [0.15, 0.2) is 11.5 Å². The summed E-state index contributed by atoms with van der Waals surface area (Å²) in [6.45, 7) is 4.15. The highest BCUT2D eigenvalue weighted by Gasteiger charge is 2.14. The standard InChI is InChI=1S/C18H22N2O3S/c1-13(14-4-5-16-17(11-14)23-9-8-22-16)20-12-18(21)19-7-6-15-3-2-10-24-15/h2-5,10-11,13,20H,6-9,12H2,1H3,(H,19,21)/t13-/m0/s1. The molecule has 24 heavy (non-hydrogen) atoms. The third-order valence-corrected chi connectivity index (χ3v) is 4.84. The van der Waals surface area contributed by atoms with E-state index in [4.69, 9.17) is 9.47 Å². The van der Waals surface area contributed by atoms with Crippen LogP contribution in [-0.4, -0.2) is 32.2 Å². The molecule has 1 atom stereocenters. The molecule has 3 rings (SSSR count). The number of thiophene rings is 1. The molecule has 6 heteroatoms. The summed E-state index contributed by atoms with van der Waals surface area (Å²) in [7, 11) is 0. The van der Waals surface area contributed by atoms with E-state index in [2.05, 4.69) is 16.7 Å². The molecule has 0 saturated carbocycles. The summed E-state index contributed by atoms with van der Waals surface area (Å²) in [5.74, 6) is 1.56. The van der Waals surface area contributed by atoms with Crippen LogP contribution in [0.2, 0.25) is 0 Å². The van der Waals surface area contributed by atoms with Crippen LogP contribution in [-0.2, 0) is 11.2 Å². The molecule has 1 aromatic carbocycles. The van der Waals surface area contributed by atoms with Gasteiger partial charge in [0, 0.05) is 17.5 Å². The third kappa shape index (κ3) is 4.49. The first-order valence-electron chi connectivity index (χ1n) is 8.14. The molecule has 1 amide bonds. The van der Waals surface area contributed by atoms with Crippen LogP contribution in [0.5, 0.6) is 11.5 Å². The highest BCUT2D eigenvalue weighted by atomic mass is 32.1. The van der Waals surface area contributed by atoms with Crippen LogP contribution < -0.4 is 20.1 Å². The quantitative estimate of drug-likeness (QED) is 0.809. The largest absolute Gasteiger partial charge is 0.486 e. The molecule has 5 nitrogen and oxygen atoms in total. The Morgan fingerprint density at radius 3 is 2.88 bits per heavy atom. The summed E-state index contributed by atoms with van der Waals surface area (Å²) in [5, 5.41) is 8.23. The Morgan fingerprint density at radius 1 is 1.25 bits per heavy atom. The van der Waals surface area contributed by atoms with Crippen LogP contribution in [0, 0.1) is 0 Å². The van der Waals surface area contributed by atoms with E-state index in [1.807, 2.05) is 36.6 Å². The third-order valence-electron chi connectivity index (χ3n) is 3.91. The average molecular weight is 346 g/mol. The van der Waals surface area contributed by atoms with E-state index in [9.17, 15) is 4.79 Å². The Labute approximate surface area is 146 Å². The van der Waals surface area contributed by atoms with Gasteiger partial charge in [-0.25, -0.2) is 0 Å². The smallest absolute Gasteiger partial charge is 0.233 e. The molecular weight excluding hydrogens is 324 g/mol. The lowest BCUT2D eigenvalue weighted by Crippen LogP contribution is -2.36. The summed E-state index contributed by atoms with van der Waals surface area (Å²) >= 11 is 1.71. The number of carbonyl (C=O) groups excluding carboxylic acids is 1. The Kier molecular flexibility index (Phi) is 5.72. The first kappa shape index (κ1) is 16.8.